The zero-order chi connectivity index (χ0) is 14.9. The minimum atomic E-state index is -3.20. The Balaban J connectivity index is 1.80. The fourth-order valence-electron chi connectivity index (χ4n) is 2.46. The third kappa shape index (κ3) is 2.92. The van der Waals surface area contributed by atoms with Crippen molar-refractivity contribution in [3.8, 4) is 6.07 Å². The number of nitriles is 1. The predicted octanol–water partition coefficient (Wildman–Crippen LogP) is 0.0162. The van der Waals surface area contributed by atoms with E-state index < -0.39 is 10.0 Å². The molecule has 21 heavy (non-hydrogen) atoms. The number of rotatable bonds is 5. The van der Waals surface area contributed by atoms with Gasteiger partial charge in [0, 0.05) is 13.1 Å². The number of fused-ring (bicyclic) bond motifs is 1. The number of ether oxygens (including phenoxy) is 1. The smallest absolute Gasteiger partial charge is 0.217 e. The second kappa shape index (κ2) is 5.71. The largest absolute Gasteiger partial charge is 0.360 e. The third-order valence-electron chi connectivity index (χ3n) is 3.73. The second-order valence-electron chi connectivity index (χ2n) is 5.29. The molecule has 114 valence electrons. The van der Waals surface area contributed by atoms with Crippen molar-refractivity contribution in [3.05, 3.63) is 11.4 Å². The molecule has 0 saturated heterocycles. The lowest BCUT2D eigenvalue weighted by atomic mass is 10.3. The van der Waals surface area contributed by atoms with E-state index in [2.05, 4.69) is 10.3 Å². The van der Waals surface area contributed by atoms with Crippen LogP contribution in [0.25, 0.3) is 0 Å². The molecule has 1 fully saturated rings. The summed E-state index contributed by atoms with van der Waals surface area (Å²) < 4.78 is 33.3. The molecule has 0 aromatic carbocycles. The Morgan fingerprint density at radius 3 is 2.90 bits per heavy atom. The van der Waals surface area contributed by atoms with Crippen molar-refractivity contribution in [1.82, 2.24) is 19.3 Å². The fourth-order valence-corrected chi connectivity index (χ4v) is 4.30. The Bertz CT molecular complexity index is 659. The monoisotopic (exact) mass is 311 g/mol. The molecule has 8 nitrogen and oxygen atoms in total. The summed E-state index contributed by atoms with van der Waals surface area (Å²) in [5.74, 6) is 0. The predicted molar refractivity (Wildman–Crippen MR) is 72.3 cm³/mol. The van der Waals surface area contributed by atoms with Crippen molar-refractivity contribution in [2.24, 2.45) is 0 Å². The van der Waals surface area contributed by atoms with E-state index in [1.165, 1.54) is 0 Å². The normalized spacial score (nSPS) is 19.8. The Labute approximate surface area is 123 Å². The van der Waals surface area contributed by atoms with Crippen LogP contribution in [-0.4, -0.2) is 46.1 Å². The highest BCUT2D eigenvalue weighted by molar-refractivity contribution is 7.90. The molecule has 1 saturated carbocycles. The van der Waals surface area contributed by atoms with Crippen LogP contribution in [-0.2, 0) is 34.5 Å². The summed E-state index contributed by atoms with van der Waals surface area (Å²) in [5, 5.41) is 16.4. The minimum Gasteiger partial charge on any atom is -0.360 e. The maximum Gasteiger partial charge on any atom is 0.217 e. The number of nitrogens with zero attached hydrogens (tertiary/aromatic N) is 5. The Hall–Kier alpha value is -1.50. The number of sulfonamides is 1. The SMILES string of the molecule is N#CCOCc1nnn2c1CN(S(=O)(=O)C1CC1)CCC2. The maximum atomic E-state index is 12.4. The topological polar surface area (TPSA) is 101 Å². The lowest BCUT2D eigenvalue weighted by molar-refractivity contribution is 0.148. The molecule has 0 bridgehead atoms. The zero-order valence-electron chi connectivity index (χ0n) is 11.6. The van der Waals surface area contributed by atoms with E-state index in [1.807, 2.05) is 6.07 Å². The van der Waals surface area contributed by atoms with Gasteiger partial charge in [-0.05, 0) is 19.3 Å². The van der Waals surface area contributed by atoms with Crippen molar-refractivity contribution in [1.29, 1.82) is 5.26 Å². The first kappa shape index (κ1) is 14.4. The van der Waals surface area contributed by atoms with E-state index in [0.717, 1.165) is 25.0 Å². The lowest BCUT2D eigenvalue weighted by Gasteiger charge is -2.19. The zero-order valence-corrected chi connectivity index (χ0v) is 12.4. The first-order chi connectivity index (χ1) is 10.1. The van der Waals surface area contributed by atoms with Gasteiger partial charge in [0.05, 0.1) is 30.2 Å². The summed E-state index contributed by atoms with van der Waals surface area (Å²) in [6, 6.07) is 1.90. The standard InChI is InChI=1S/C12H17N5O3S/c13-4-7-20-9-11-12-8-16(21(18,19)10-2-3-10)5-1-6-17(12)15-14-11/h10H,1-3,5-9H2. The van der Waals surface area contributed by atoms with Gasteiger partial charge in [0.1, 0.15) is 12.3 Å². The maximum absolute atomic E-state index is 12.4. The van der Waals surface area contributed by atoms with E-state index in [4.69, 9.17) is 10.00 Å². The molecule has 1 aromatic heterocycles. The number of aromatic nitrogens is 3. The van der Waals surface area contributed by atoms with Crippen molar-refractivity contribution < 1.29 is 13.2 Å². The number of hydrogen-bond donors (Lipinski definition) is 0. The van der Waals surface area contributed by atoms with E-state index in [0.29, 0.717) is 18.8 Å². The van der Waals surface area contributed by atoms with E-state index in [9.17, 15) is 8.42 Å². The Morgan fingerprint density at radius 2 is 2.19 bits per heavy atom. The van der Waals surface area contributed by atoms with Crippen LogP contribution in [0, 0.1) is 11.3 Å². The van der Waals surface area contributed by atoms with Crippen LogP contribution in [0.3, 0.4) is 0 Å². The molecule has 1 aromatic rings. The van der Waals surface area contributed by atoms with Gasteiger partial charge in [-0.2, -0.15) is 9.57 Å². The molecule has 0 atom stereocenters. The fraction of sp³-hybridized carbons (Fsp3) is 0.750. The molecule has 0 unspecified atom stereocenters. The molecule has 9 heteroatoms. The lowest BCUT2D eigenvalue weighted by Crippen LogP contribution is -2.33. The molecule has 0 spiro atoms. The van der Waals surface area contributed by atoms with Crippen LogP contribution in [0.5, 0.6) is 0 Å². The van der Waals surface area contributed by atoms with Gasteiger partial charge in [-0.15, -0.1) is 5.10 Å². The van der Waals surface area contributed by atoms with E-state index in [1.54, 1.807) is 8.99 Å². The molecular weight excluding hydrogens is 294 g/mol. The van der Waals surface area contributed by atoms with Crippen molar-refractivity contribution >= 4 is 10.0 Å². The Kier molecular flexibility index (Phi) is 3.93. The summed E-state index contributed by atoms with van der Waals surface area (Å²) in [7, 11) is -3.20. The summed E-state index contributed by atoms with van der Waals surface area (Å²) in [4.78, 5) is 0. The molecule has 1 aliphatic heterocycles. The van der Waals surface area contributed by atoms with Crippen LogP contribution in [0.4, 0.5) is 0 Å². The van der Waals surface area contributed by atoms with Gasteiger partial charge >= 0.3 is 0 Å². The summed E-state index contributed by atoms with van der Waals surface area (Å²) in [6.45, 7) is 1.62. The van der Waals surface area contributed by atoms with Gasteiger partial charge in [-0.3, -0.25) is 0 Å². The highest BCUT2D eigenvalue weighted by Gasteiger charge is 2.41. The van der Waals surface area contributed by atoms with Crippen LogP contribution < -0.4 is 0 Å². The molecule has 2 heterocycles. The first-order valence-corrected chi connectivity index (χ1v) is 8.48. The first-order valence-electron chi connectivity index (χ1n) is 6.98. The van der Waals surface area contributed by atoms with Gasteiger partial charge in [-0.1, -0.05) is 5.21 Å². The molecule has 2 aliphatic rings. The minimum absolute atomic E-state index is 0.0175. The van der Waals surface area contributed by atoms with E-state index >= 15 is 0 Å². The van der Waals surface area contributed by atoms with Crippen LogP contribution in [0.2, 0.25) is 0 Å². The van der Waals surface area contributed by atoms with Crippen molar-refractivity contribution in [2.45, 2.75) is 44.2 Å². The van der Waals surface area contributed by atoms with Gasteiger partial charge in [0.15, 0.2) is 0 Å². The van der Waals surface area contributed by atoms with Crippen LogP contribution in [0.15, 0.2) is 0 Å². The number of aryl methyl sites for hydroxylation is 1. The summed E-state index contributed by atoms with van der Waals surface area (Å²) >= 11 is 0. The van der Waals surface area contributed by atoms with Gasteiger partial charge < -0.3 is 4.74 Å². The van der Waals surface area contributed by atoms with Crippen molar-refractivity contribution in [2.75, 3.05) is 13.2 Å². The molecular formula is C12H17N5O3S. The van der Waals surface area contributed by atoms with Crippen LogP contribution >= 0.6 is 0 Å². The third-order valence-corrected chi connectivity index (χ3v) is 6.08. The quantitative estimate of drug-likeness (QED) is 0.710. The van der Waals surface area contributed by atoms with Crippen molar-refractivity contribution in [3.63, 3.8) is 0 Å². The van der Waals surface area contributed by atoms with E-state index in [-0.39, 0.29) is 25.0 Å². The summed E-state index contributed by atoms with van der Waals surface area (Å²) in [6.07, 6.45) is 2.24. The molecule has 0 radical (unpaired) electrons. The molecule has 0 N–H and O–H groups in total. The number of hydrogen-bond acceptors (Lipinski definition) is 6. The molecule has 1 aliphatic carbocycles. The highest BCUT2D eigenvalue weighted by atomic mass is 32.2. The molecule has 3 rings (SSSR count). The van der Waals surface area contributed by atoms with Gasteiger partial charge in [0.25, 0.3) is 0 Å². The second-order valence-corrected chi connectivity index (χ2v) is 7.50. The molecule has 0 amide bonds. The Morgan fingerprint density at radius 1 is 1.38 bits per heavy atom. The van der Waals surface area contributed by atoms with Gasteiger partial charge in [-0.25, -0.2) is 13.1 Å². The van der Waals surface area contributed by atoms with Crippen LogP contribution in [0.1, 0.15) is 30.7 Å². The van der Waals surface area contributed by atoms with Gasteiger partial charge in [0.2, 0.25) is 10.0 Å². The average Bonchev–Trinajstić information content (AvgIpc) is 3.27. The highest BCUT2D eigenvalue weighted by Crippen LogP contribution is 2.32. The summed E-state index contributed by atoms with van der Waals surface area (Å²) in [5.41, 5.74) is 1.39. The average molecular weight is 311 g/mol.